The Morgan fingerprint density at radius 1 is 1.19 bits per heavy atom. The molecule has 0 amide bonds. The highest BCUT2D eigenvalue weighted by atomic mass is 16.1. The molecule has 1 aliphatic carbocycles. The highest BCUT2D eigenvalue weighted by Crippen LogP contribution is 2.39. The Balaban J connectivity index is 1.63. The molecular formula is C18H22N2O. The monoisotopic (exact) mass is 282 g/mol. The van der Waals surface area contributed by atoms with Crippen molar-refractivity contribution < 1.29 is 0 Å². The van der Waals surface area contributed by atoms with Crippen LogP contribution < -0.4 is 10.9 Å². The molecule has 1 heterocycles. The fourth-order valence-corrected chi connectivity index (χ4v) is 3.13. The highest BCUT2D eigenvalue weighted by Gasteiger charge is 2.30. The predicted octanol–water partition coefficient (Wildman–Crippen LogP) is 3.53. The van der Waals surface area contributed by atoms with Crippen LogP contribution in [0.15, 0.2) is 47.4 Å². The van der Waals surface area contributed by atoms with Crippen LogP contribution in [-0.4, -0.2) is 10.6 Å². The molecule has 1 saturated carbocycles. The molecule has 1 fully saturated rings. The first-order chi connectivity index (χ1) is 10.2. The number of aromatic nitrogens is 1. The van der Waals surface area contributed by atoms with Crippen molar-refractivity contribution >= 4 is 5.69 Å². The number of hydrogen-bond acceptors (Lipinski definition) is 2. The first-order valence-electron chi connectivity index (χ1n) is 7.70. The van der Waals surface area contributed by atoms with Gasteiger partial charge in [0.05, 0.1) is 5.69 Å². The molecule has 21 heavy (non-hydrogen) atoms. The largest absolute Gasteiger partial charge is 0.381 e. The molecule has 2 aromatic rings. The Morgan fingerprint density at radius 2 is 1.95 bits per heavy atom. The molecule has 0 bridgehead atoms. The number of aryl methyl sites for hydroxylation is 2. The van der Waals surface area contributed by atoms with E-state index in [4.69, 9.17) is 0 Å². The minimum absolute atomic E-state index is 0.0643. The zero-order valence-electron chi connectivity index (χ0n) is 12.7. The number of pyridine rings is 1. The molecule has 0 spiro atoms. The van der Waals surface area contributed by atoms with Gasteiger partial charge in [0, 0.05) is 24.8 Å². The zero-order valence-corrected chi connectivity index (χ0v) is 12.7. The van der Waals surface area contributed by atoms with Crippen molar-refractivity contribution in [3.8, 4) is 0 Å². The number of hydrogen-bond donors (Lipinski definition) is 1. The average molecular weight is 282 g/mol. The Morgan fingerprint density at radius 3 is 2.67 bits per heavy atom. The SMILES string of the molecule is CCn1cc(NC2CC(c3ccccc3C)C2)ccc1=O. The number of anilines is 1. The van der Waals surface area contributed by atoms with E-state index >= 15 is 0 Å². The van der Waals surface area contributed by atoms with E-state index in [-0.39, 0.29) is 5.56 Å². The molecule has 1 aromatic heterocycles. The van der Waals surface area contributed by atoms with E-state index in [0.29, 0.717) is 18.5 Å². The van der Waals surface area contributed by atoms with Gasteiger partial charge in [-0.25, -0.2) is 0 Å². The second-order valence-electron chi connectivity index (χ2n) is 5.91. The molecular weight excluding hydrogens is 260 g/mol. The molecule has 3 heteroatoms. The van der Waals surface area contributed by atoms with E-state index in [9.17, 15) is 4.79 Å². The van der Waals surface area contributed by atoms with Gasteiger partial charge < -0.3 is 9.88 Å². The summed E-state index contributed by atoms with van der Waals surface area (Å²) in [5.74, 6) is 0.667. The van der Waals surface area contributed by atoms with Crippen molar-refractivity contribution in [2.24, 2.45) is 0 Å². The lowest BCUT2D eigenvalue weighted by molar-refractivity contribution is 0.373. The van der Waals surface area contributed by atoms with Crippen LogP contribution in [0.2, 0.25) is 0 Å². The van der Waals surface area contributed by atoms with E-state index in [0.717, 1.165) is 18.5 Å². The van der Waals surface area contributed by atoms with E-state index in [1.54, 1.807) is 10.6 Å². The standard InChI is InChI=1S/C18H22N2O/c1-3-20-12-15(8-9-18(20)21)19-16-10-14(11-16)17-7-5-4-6-13(17)2/h4-9,12,14,16,19H,3,10-11H2,1-2H3. The molecule has 3 rings (SSSR count). The first kappa shape index (κ1) is 13.9. The Kier molecular flexibility index (Phi) is 3.82. The third kappa shape index (κ3) is 2.87. The lowest BCUT2D eigenvalue weighted by Crippen LogP contribution is -2.34. The molecule has 0 atom stereocenters. The fraction of sp³-hybridized carbons (Fsp3) is 0.389. The first-order valence-corrected chi connectivity index (χ1v) is 7.70. The summed E-state index contributed by atoms with van der Waals surface area (Å²) in [4.78, 5) is 11.6. The van der Waals surface area contributed by atoms with Gasteiger partial charge in [0.1, 0.15) is 0 Å². The van der Waals surface area contributed by atoms with Gasteiger partial charge >= 0.3 is 0 Å². The zero-order chi connectivity index (χ0) is 14.8. The quantitative estimate of drug-likeness (QED) is 0.930. The normalized spacial score (nSPS) is 20.9. The van der Waals surface area contributed by atoms with E-state index in [1.807, 2.05) is 19.2 Å². The molecule has 1 N–H and O–H groups in total. The number of rotatable bonds is 4. The number of nitrogens with one attached hydrogen (secondary N) is 1. The summed E-state index contributed by atoms with van der Waals surface area (Å²) in [7, 11) is 0. The number of nitrogens with zero attached hydrogens (tertiary/aromatic N) is 1. The van der Waals surface area contributed by atoms with Crippen LogP contribution in [-0.2, 0) is 6.54 Å². The molecule has 0 aliphatic heterocycles. The lowest BCUT2D eigenvalue weighted by atomic mass is 9.74. The Labute approximate surface area is 125 Å². The summed E-state index contributed by atoms with van der Waals surface area (Å²) in [6.07, 6.45) is 4.25. The molecule has 0 unspecified atom stereocenters. The topological polar surface area (TPSA) is 34.0 Å². The maximum Gasteiger partial charge on any atom is 0.250 e. The van der Waals surface area contributed by atoms with Crippen molar-refractivity contribution in [2.45, 2.75) is 45.2 Å². The molecule has 1 aromatic carbocycles. The second kappa shape index (κ2) is 5.76. The summed E-state index contributed by atoms with van der Waals surface area (Å²) >= 11 is 0. The van der Waals surface area contributed by atoms with Crippen LogP contribution in [0.25, 0.3) is 0 Å². The van der Waals surface area contributed by atoms with Crippen molar-refractivity contribution in [2.75, 3.05) is 5.32 Å². The molecule has 0 radical (unpaired) electrons. The molecule has 0 saturated heterocycles. The Hall–Kier alpha value is -2.03. The summed E-state index contributed by atoms with van der Waals surface area (Å²) < 4.78 is 1.74. The molecule has 110 valence electrons. The fourth-order valence-electron chi connectivity index (χ4n) is 3.13. The number of benzene rings is 1. The maximum atomic E-state index is 11.6. The minimum Gasteiger partial charge on any atom is -0.381 e. The van der Waals surface area contributed by atoms with E-state index < -0.39 is 0 Å². The summed E-state index contributed by atoms with van der Waals surface area (Å²) in [5, 5.41) is 3.54. The third-order valence-electron chi connectivity index (χ3n) is 4.46. The summed E-state index contributed by atoms with van der Waals surface area (Å²) in [5.41, 5.74) is 3.98. The van der Waals surface area contributed by atoms with Crippen LogP contribution in [0.1, 0.15) is 36.8 Å². The van der Waals surface area contributed by atoms with Gasteiger partial charge in [-0.2, -0.15) is 0 Å². The van der Waals surface area contributed by atoms with Gasteiger partial charge in [0.2, 0.25) is 0 Å². The smallest absolute Gasteiger partial charge is 0.250 e. The molecule has 3 nitrogen and oxygen atoms in total. The highest BCUT2D eigenvalue weighted by molar-refractivity contribution is 5.43. The van der Waals surface area contributed by atoms with Gasteiger partial charge in [0.15, 0.2) is 0 Å². The van der Waals surface area contributed by atoms with Gasteiger partial charge in [0.25, 0.3) is 5.56 Å². The minimum atomic E-state index is 0.0643. The van der Waals surface area contributed by atoms with Gasteiger partial charge in [-0.1, -0.05) is 24.3 Å². The van der Waals surface area contributed by atoms with Crippen molar-refractivity contribution in [3.05, 3.63) is 64.1 Å². The Bertz CT molecular complexity index is 684. The molecule has 1 aliphatic rings. The van der Waals surface area contributed by atoms with Crippen LogP contribution in [0.5, 0.6) is 0 Å². The maximum absolute atomic E-state index is 11.6. The summed E-state index contributed by atoms with van der Waals surface area (Å²) in [6.45, 7) is 4.89. The van der Waals surface area contributed by atoms with Crippen LogP contribution in [0.4, 0.5) is 5.69 Å². The summed E-state index contributed by atoms with van der Waals surface area (Å²) in [6, 6.07) is 12.7. The van der Waals surface area contributed by atoms with Crippen molar-refractivity contribution in [3.63, 3.8) is 0 Å². The average Bonchev–Trinajstić information content (AvgIpc) is 2.45. The van der Waals surface area contributed by atoms with E-state index in [2.05, 4.69) is 36.5 Å². The van der Waals surface area contributed by atoms with Gasteiger partial charge in [-0.15, -0.1) is 0 Å². The lowest BCUT2D eigenvalue weighted by Gasteiger charge is -2.37. The van der Waals surface area contributed by atoms with Crippen LogP contribution in [0.3, 0.4) is 0 Å². The van der Waals surface area contributed by atoms with E-state index in [1.165, 1.54) is 11.1 Å². The second-order valence-corrected chi connectivity index (χ2v) is 5.91. The van der Waals surface area contributed by atoms with Crippen LogP contribution in [0, 0.1) is 6.92 Å². The predicted molar refractivity (Wildman–Crippen MR) is 86.9 cm³/mol. The van der Waals surface area contributed by atoms with Crippen molar-refractivity contribution in [1.82, 2.24) is 4.57 Å². The van der Waals surface area contributed by atoms with Crippen molar-refractivity contribution in [1.29, 1.82) is 0 Å². The van der Waals surface area contributed by atoms with Gasteiger partial charge in [-0.05, 0) is 49.8 Å². The van der Waals surface area contributed by atoms with Crippen LogP contribution >= 0.6 is 0 Å². The van der Waals surface area contributed by atoms with Gasteiger partial charge in [-0.3, -0.25) is 4.79 Å². The third-order valence-corrected chi connectivity index (χ3v) is 4.46.